The fraction of sp³-hybridized carbons (Fsp3) is 0. The summed E-state index contributed by atoms with van der Waals surface area (Å²) in [5.41, 5.74) is 1.01. The number of hydrogen-bond donors (Lipinski definition) is 0. The van der Waals surface area contributed by atoms with Crippen LogP contribution in [0.15, 0.2) is 35.7 Å². The molecule has 0 bridgehead atoms. The van der Waals surface area contributed by atoms with E-state index >= 15 is 0 Å². The van der Waals surface area contributed by atoms with Crippen LogP contribution in [0.1, 0.15) is 5.56 Å². The van der Waals surface area contributed by atoms with Crippen molar-refractivity contribution in [2.75, 3.05) is 0 Å². The summed E-state index contributed by atoms with van der Waals surface area (Å²) in [6, 6.07) is 7.18. The van der Waals surface area contributed by atoms with Gasteiger partial charge in [-0.25, -0.2) is 0 Å². The summed E-state index contributed by atoms with van der Waals surface area (Å²) < 4.78 is 10.7. The van der Waals surface area contributed by atoms with E-state index in [1.165, 1.54) is 0 Å². The monoisotopic (exact) mass is 206 g/mol. The average molecular weight is 206 g/mol. The van der Waals surface area contributed by atoms with Crippen LogP contribution in [-0.4, -0.2) is 4.55 Å². The van der Waals surface area contributed by atoms with Crippen molar-refractivity contribution >= 4 is 27.9 Å². The zero-order valence-corrected chi connectivity index (χ0v) is 10.5. The van der Waals surface area contributed by atoms with Gasteiger partial charge in [0.2, 0.25) is 0 Å². The van der Waals surface area contributed by atoms with Crippen molar-refractivity contribution in [1.29, 1.82) is 0 Å². The van der Waals surface area contributed by atoms with Gasteiger partial charge in [0.15, 0.2) is 0 Å². The standard InChI is InChI=1S/C8H8OS2.Na/c1-2-7-3-5-8(6-4-7)11(9)10;/h2-6H,1H2,(H,9,10);/q;+1/p-1. The molecule has 1 aromatic rings. The normalized spacial score (nSPS) is 11.5. The van der Waals surface area contributed by atoms with E-state index < -0.39 is 10.2 Å². The van der Waals surface area contributed by atoms with Gasteiger partial charge in [-0.1, -0.05) is 24.8 Å². The Morgan fingerprint density at radius 2 is 1.83 bits per heavy atom. The van der Waals surface area contributed by atoms with Gasteiger partial charge >= 0.3 is 29.6 Å². The van der Waals surface area contributed by atoms with Crippen LogP contribution in [0.3, 0.4) is 0 Å². The van der Waals surface area contributed by atoms with Crippen LogP contribution in [0.2, 0.25) is 0 Å². The minimum Gasteiger partial charge on any atom is -0.630 e. The van der Waals surface area contributed by atoms with E-state index in [0.29, 0.717) is 4.90 Å². The van der Waals surface area contributed by atoms with Crippen molar-refractivity contribution in [3.05, 3.63) is 36.4 Å². The Morgan fingerprint density at radius 3 is 2.17 bits per heavy atom. The first-order valence-corrected chi connectivity index (χ1v) is 5.13. The van der Waals surface area contributed by atoms with Crippen molar-refractivity contribution in [3.8, 4) is 0 Å². The molecule has 0 saturated heterocycles. The number of hydrogen-bond acceptors (Lipinski definition) is 2. The third-order valence-electron chi connectivity index (χ3n) is 1.31. The number of rotatable bonds is 2. The third kappa shape index (κ3) is 3.56. The number of benzene rings is 1. The quantitative estimate of drug-likeness (QED) is 0.265. The second-order valence-corrected chi connectivity index (χ2v) is 3.86. The van der Waals surface area contributed by atoms with Gasteiger partial charge in [0, 0.05) is 0 Å². The van der Waals surface area contributed by atoms with Crippen LogP contribution < -0.4 is 29.6 Å². The van der Waals surface area contributed by atoms with Gasteiger partial charge in [-0.3, -0.25) is 0 Å². The molecule has 0 aliphatic carbocycles. The molecule has 0 heterocycles. The second kappa shape index (κ2) is 6.13. The van der Waals surface area contributed by atoms with E-state index in [1.54, 1.807) is 18.2 Å². The Balaban J connectivity index is 0.00000121. The first-order chi connectivity index (χ1) is 5.24. The van der Waals surface area contributed by atoms with E-state index in [2.05, 4.69) is 18.2 Å². The smallest absolute Gasteiger partial charge is 0.630 e. The van der Waals surface area contributed by atoms with Crippen LogP contribution in [-0.2, 0) is 21.9 Å². The summed E-state index contributed by atoms with van der Waals surface area (Å²) in [5, 5.41) is 0. The third-order valence-corrected chi connectivity index (χ3v) is 2.54. The summed E-state index contributed by atoms with van der Waals surface area (Å²) >= 11 is 4.57. The van der Waals surface area contributed by atoms with Gasteiger partial charge in [0.25, 0.3) is 0 Å². The Kier molecular flexibility index (Phi) is 6.45. The largest absolute Gasteiger partial charge is 1.00 e. The molecule has 0 fully saturated rings. The predicted octanol–water partition coefficient (Wildman–Crippen LogP) is -1.10. The zero-order valence-electron chi connectivity index (χ0n) is 6.82. The van der Waals surface area contributed by atoms with Crippen LogP contribution in [0.5, 0.6) is 0 Å². The zero-order chi connectivity index (χ0) is 8.27. The van der Waals surface area contributed by atoms with Gasteiger partial charge in [-0.15, -0.1) is 0 Å². The molecular formula is C8H7NaOS2. The molecule has 0 saturated carbocycles. The predicted molar refractivity (Wildman–Crippen MR) is 50.3 cm³/mol. The van der Waals surface area contributed by atoms with Gasteiger partial charge in [-0.05, 0) is 17.7 Å². The maximum atomic E-state index is 10.7. The molecule has 58 valence electrons. The molecule has 0 radical (unpaired) electrons. The molecule has 1 aromatic carbocycles. The SMILES string of the molecule is C=Cc1ccc([S+]([O-])[S-])cc1.[Na+]. The summed E-state index contributed by atoms with van der Waals surface area (Å²) in [6.07, 6.45) is 1.73. The molecule has 0 spiro atoms. The van der Waals surface area contributed by atoms with E-state index in [4.69, 9.17) is 0 Å². The van der Waals surface area contributed by atoms with Crippen molar-refractivity contribution in [1.82, 2.24) is 0 Å². The molecule has 1 unspecified atom stereocenters. The Morgan fingerprint density at radius 1 is 1.33 bits per heavy atom. The van der Waals surface area contributed by atoms with Gasteiger partial charge in [0.1, 0.15) is 4.90 Å². The summed E-state index contributed by atoms with van der Waals surface area (Å²) in [6.45, 7) is 3.60. The molecule has 0 aromatic heterocycles. The van der Waals surface area contributed by atoms with Crippen LogP contribution in [0.25, 0.3) is 6.08 Å². The average Bonchev–Trinajstić information content (AvgIpc) is 2.05. The minimum absolute atomic E-state index is 0. The van der Waals surface area contributed by atoms with Crippen molar-refractivity contribution in [3.63, 3.8) is 0 Å². The summed E-state index contributed by atoms with van der Waals surface area (Å²) in [4.78, 5) is 0.672. The molecule has 0 aliphatic heterocycles. The second-order valence-electron chi connectivity index (χ2n) is 2.01. The minimum atomic E-state index is -1.29. The fourth-order valence-corrected chi connectivity index (χ4v) is 1.41. The van der Waals surface area contributed by atoms with E-state index in [9.17, 15) is 4.55 Å². The summed E-state index contributed by atoms with van der Waals surface area (Å²) in [7, 11) is -1.29. The van der Waals surface area contributed by atoms with Gasteiger partial charge < -0.3 is 16.2 Å². The molecule has 0 N–H and O–H groups in total. The first kappa shape index (κ1) is 12.6. The maximum absolute atomic E-state index is 10.7. The van der Waals surface area contributed by atoms with E-state index in [1.807, 2.05) is 12.1 Å². The topological polar surface area (TPSA) is 23.1 Å². The van der Waals surface area contributed by atoms with Crippen molar-refractivity contribution in [2.24, 2.45) is 0 Å². The Hall–Kier alpha value is 0.620. The molecule has 1 atom stereocenters. The van der Waals surface area contributed by atoms with Gasteiger partial charge in [-0.2, -0.15) is 10.2 Å². The molecule has 12 heavy (non-hydrogen) atoms. The van der Waals surface area contributed by atoms with Crippen LogP contribution in [0.4, 0.5) is 0 Å². The molecular weight excluding hydrogens is 199 g/mol. The van der Waals surface area contributed by atoms with E-state index in [-0.39, 0.29) is 29.6 Å². The molecule has 1 nitrogen and oxygen atoms in total. The maximum Gasteiger partial charge on any atom is 1.00 e. The molecule has 4 heteroatoms. The van der Waals surface area contributed by atoms with Crippen molar-refractivity contribution < 1.29 is 34.1 Å². The van der Waals surface area contributed by atoms with E-state index in [0.717, 1.165) is 5.56 Å². The molecule has 1 rings (SSSR count). The Labute approximate surface area is 103 Å². The molecule has 0 amide bonds. The summed E-state index contributed by atoms with van der Waals surface area (Å²) in [5.74, 6) is 0. The first-order valence-electron chi connectivity index (χ1n) is 3.06. The van der Waals surface area contributed by atoms with Gasteiger partial charge in [0.05, 0.1) is 0 Å². The van der Waals surface area contributed by atoms with Crippen molar-refractivity contribution in [2.45, 2.75) is 4.90 Å². The molecule has 0 aliphatic rings. The van der Waals surface area contributed by atoms with Crippen LogP contribution in [0, 0.1) is 0 Å². The van der Waals surface area contributed by atoms with Crippen LogP contribution >= 0.6 is 0 Å². The Bertz CT molecular complexity index is 246. The fourth-order valence-electron chi connectivity index (χ4n) is 0.715.